The number of hydrogen-bond acceptors (Lipinski definition) is 2. The highest BCUT2D eigenvalue weighted by Gasteiger charge is 2.63. The maximum atomic E-state index is 11.6. The van der Waals surface area contributed by atoms with Gasteiger partial charge in [-0.25, -0.2) is 0 Å². The number of alkyl halides is 8. The van der Waals surface area contributed by atoms with Crippen molar-refractivity contribution in [1.82, 2.24) is 5.29 Å². The SMILES string of the molecule is FN(OC(F)(F)C(F)(F)F)C(F)(F)F. The number of rotatable bonds is 2. The van der Waals surface area contributed by atoms with Crippen molar-refractivity contribution < 1.29 is 44.4 Å². The molecular formula is C3F9NO. The molecule has 86 valence electrons. The molecule has 0 aromatic carbocycles. The first kappa shape index (κ1) is 13.3. The van der Waals surface area contributed by atoms with Crippen molar-refractivity contribution in [3.05, 3.63) is 0 Å². The summed E-state index contributed by atoms with van der Waals surface area (Å²) in [7, 11) is 0. The van der Waals surface area contributed by atoms with Crippen LogP contribution in [0.1, 0.15) is 0 Å². The highest BCUT2D eigenvalue weighted by atomic mass is 19.4. The Morgan fingerprint density at radius 2 is 1.14 bits per heavy atom. The lowest BCUT2D eigenvalue weighted by Gasteiger charge is -2.22. The first-order valence-electron chi connectivity index (χ1n) is 2.54. The summed E-state index contributed by atoms with van der Waals surface area (Å²) in [6.07, 6.45) is -18.8. The van der Waals surface area contributed by atoms with E-state index in [-0.39, 0.29) is 0 Å². The fourth-order valence-electron chi connectivity index (χ4n) is 0.204. The second-order valence-corrected chi connectivity index (χ2v) is 1.82. The van der Waals surface area contributed by atoms with E-state index in [2.05, 4.69) is 0 Å². The zero-order chi connectivity index (χ0) is 11.8. The van der Waals surface area contributed by atoms with Gasteiger partial charge in [-0.15, -0.1) is 0 Å². The summed E-state index contributed by atoms with van der Waals surface area (Å²) in [6, 6.07) is 0. The normalized spacial score (nSPS) is 15.0. The van der Waals surface area contributed by atoms with E-state index in [1.165, 1.54) is 0 Å². The van der Waals surface area contributed by atoms with Crippen LogP contribution < -0.4 is 0 Å². The van der Waals surface area contributed by atoms with E-state index in [4.69, 9.17) is 0 Å². The van der Waals surface area contributed by atoms with Crippen LogP contribution in [0.4, 0.5) is 39.6 Å². The molecule has 0 radical (unpaired) electrons. The van der Waals surface area contributed by atoms with Crippen molar-refractivity contribution in [2.45, 2.75) is 18.6 Å². The number of hydroxylamine groups is 1. The summed E-state index contributed by atoms with van der Waals surface area (Å²) in [4.78, 5) is 1.75. The van der Waals surface area contributed by atoms with E-state index in [0.29, 0.717) is 0 Å². The predicted octanol–water partition coefficient (Wildman–Crippen LogP) is 2.78. The third-order valence-corrected chi connectivity index (χ3v) is 0.724. The molecule has 0 unspecified atom stereocenters. The van der Waals surface area contributed by atoms with E-state index >= 15 is 0 Å². The summed E-state index contributed by atoms with van der Waals surface area (Å²) in [5.74, 6) is 0. The van der Waals surface area contributed by atoms with Gasteiger partial charge in [-0.2, -0.15) is 40.0 Å². The standard InChI is InChI=1S/C3F9NO/c4-1(5,6)2(7,8)14-13(12)3(9,10)11. The van der Waals surface area contributed by atoms with E-state index in [1.54, 1.807) is 4.84 Å². The van der Waals surface area contributed by atoms with Gasteiger partial charge < -0.3 is 0 Å². The van der Waals surface area contributed by atoms with Gasteiger partial charge in [0, 0.05) is 0 Å². The third kappa shape index (κ3) is 3.21. The van der Waals surface area contributed by atoms with Crippen LogP contribution in [0.3, 0.4) is 0 Å². The van der Waals surface area contributed by atoms with Gasteiger partial charge in [0.1, 0.15) is 0 Å². The molecule has 0 aliphatic carbocycles. The van der Waals surface area contributed by atoms with Gasteiger partial charge in [0.25, 0.3) is 0 Å². The molecule has 14 heavy (non-hydrogen) atoms. The first-order valence-corrected chi connectivity index (χ1v) is 2.54. The van der Waals surface area contributed by atoms with Crippen molar-refractivity contribution >= 4 is 0 Å². The molecule has 0 fully saturated rings. The minimum absolute atomic E-state index is 1.75. The van der Waals surface area contributed by atoms with Crippen LogP contribution >= 0.6 is 0 Å². The molecule has 0 amide bonds. The third-order valence-electron chi connectivity index (χ3n) is 0.724. The fourth-order valence-corrected chi connectivity index (χ4v) is 0.204. The Kier molecular flexibility index (Phi) is 3.28. The lowest BCUT2D eigenvalue weighted by molar-refractivity contribution is -0.545. The van der Waals surface area contributed by atoms with E-state index < -0.39 is 23.9 Å². The van der Waals surface area contributed by atoms with Gasteiger partial charge in [0.05, 0.1) is 5.29 Å². The quantitative estimate of drug-likeness (QED) is 0.317. The van der Waals surface area contributed by atoms with Crippen molar-refractivity contribution in [2.75, 3.05) is 0 Å². The van der Waals surface area contributed by atoms with Crippen LogP contribution in [0.25, 0.3) is 0 Å². The maximum Gasteiger partial charge on any atom is 0.511 e. The summed E-state index contributed by atoms with van der Waals surface area (Å²) >= 11 is 0. The van der Waals surface area contributed by atoms with Gasteiger partial charge in [-0.1, -0.05) is 4.48 Å². The average Bonchev–Trinajstić information content (AvgIpc) is 1.80. The van der Waals surface area contributed by atoms with E-state index in [9.17, 15) is 39.6 Å². The summed E-state index contributed by atoms with van der Waals surface area (Å²) in [5.41, 5.74) is 0. The Hall–Kier alpha value is -0.710. The average molecular weight is 237 g/mol. The molecule has 0 saturated heterocycles. The predicted molar refractivity (Wildman–Crippen MR) is 21.1 cm³/mol. The summed E-state index contributed by atoms with van der Waals surface area (Å²) in [5, 5.41) is -3.03. The molecule has 0 aromatic rings. The fraction of sp³-hybridized carbons (Fsp3) is 1.00. The van der Waals surface area contributed by atoms with Crippen molar-refractivity contribution in [1.29, 1.82) is 0 Å². The number of halogens is 9. The van der Waals surface area contributed by atoms with Gasteiger partial charge in [0.2, 0.25) is 0 Å². The van der Waals surface area contributed by atoms with Crippen molar-refractivity contribution in [3.63, 3.8) is 0 Å². The maximum absolute atomic E-state index is 11.6. The molecule has 11 heteroatoms. The van der Waals surface area contributed by atoms with E-state index in [0.717, 1.165) is 0 Å². The van der Waals surface area contributed by atoms with Crippen molar-refractivity contribution in [3.8, 4) is 0 Å². The molecule has 0 spiro atoms. The highest BCUT2D eigenvalue weighted by Crippen LogP contribution is 2.39. The number of hydrogen-bond donors (Lipinski definition) is 0. The van der Waals surface area contributed by atoms with Gasteiger partial charge in [0.15, 0.2) is 0 Å². The minimum Gasteiger partial charge on any atom is -0.184 e. The van der Waals surface area contributed by atoms with Gasteiger partial charge in [-0.05, 0) is 0 Å². The summed E-state index contributed by atoms with van der Waals surface area (Å²) < 4.78 is 101. The molecule has 0 aliphatic heterocycles. The Balaban J connectivity index is 4.53. The van der Waals surface area contributed by atoms with Crippen LogP contribution in [0.2, 0.25) is 0 Å². The molecule has 0 saturated carbocycles. The molecule has 0 atom stereocenters. The topological polar surface area (TPSA) is 12.5 Å². The Morgan fingerprint density at radius 3 is 1.36 bits per heavy atom. The molecule has 2 nitrogen and oxygen atoms in total. The molecule has 0 N–H and O–H groups in total. The zero-order valence-electron chi connectivity index (χ0n) is 5.76. The molecule has 0 heterocycles. The molecule has 0 aromatic heterocycles. The molecule has 0 bridgehead atoms. The second-order valence-electron chi connectivity index (χ2n) is 1.82. The Bertz CT molecular complexity index is 193. The lowest BCUT2D eigenvalue weighted by Crippen LogP contribution is -2.46. The van der Waals surface area contributed by atoms with Gasteiger partial charge >= 0.3 is 18.6 Å². The molecule has 0 rings (SSSR count). The first-order chi connectivity index (χ1) is 5.88. The van der Waals surface area contributed by atoms with Crippen LogP contribution in [0.5, 0.6) is 0 Å². The minimum atomic E-state index is -6.44. The van der Waals surface area contributed by atoms with Crippen molar-refractivity contribution in [2.24, 2.45) is 0 Å². The number of nitrogens with zero attached hydrogens (tertiary/aromatic N) is 1. The second kappa shape index (κ2) is 3.46. The Labute approximate surface area is 69.7 Å². The Morgan fingerprint density at radius 1 is 0.786 bits per heavy atom. The largest absolute Gasteiger partial charge is 0.511 e. The zero-order valence-corrected chi connectivity index (χ0v) is 5.76. The van der Waals surface area contributed by atoms with Crippen LogP contribution in [0.15, 0.2) is 0 Å². The highest BCUT2D eigenvalue weighted by molar-refractivity contribution is 4.62. The molecule has 0 aliphatic rings. The van der Waals surface area contributed by atoms with Crippen LogP contribution in [-0.4, -0.2) is 23.9 Å². The lowest BCUT2D eigenvalue weighted by atomic mass is 10.6. The smallest absolute Gasteiger partial charge is 0.184 e. The molecular weight excluding hydrogens is 237 g/mol. The monoisotopic (exact) mass is 237 g/mol. The van der Waals surface area contributed by atoms with E-state index in [1.807, 2.05) is 0 Å². The summed E-state index contributed by atoms with van der Waals surface area (Å²) in [6.45, 7) is 0. The van der Waals surface area contributed by atoms with Crippen LogP contribution in [0, 0.1) is 0 Å². The van der Waals surface area contributed by atoms with Crippen LogP contribution in [-0.2, 0) is 4.84 Å². The van der Waals surface area contributed by atoms with Gasteiger partial charge in [-0.3, -0.25) is 0 Å².